The molecule has 0 unspecified atom stereocenters. The quantitative estimate of drug-likeness (QED) is 0.539. The summed E-state index contributed by atoms with van der Waals surface area (Å²) < 4.78 is 0. The van der Waals surface area contributed by atoms with Gasteiger partial charge in [0.25, 0.3) is 11.6 Å². The molecule has 2 heterocycles. The molecule has 3 N–H and O–H groups in total. The van der Waals surface area contributed by atoms with Gasteiger partial charge in [-0.15, -0.1) is 11.3 Å². The average molecular weight is 368 g/mol. The predicted molar refractivity (Wildman–Crippen MR) is 102 cm³/mol. The van der Waals surface area contributed by atoms with Crippen LogP contribution in [0.3, 0.4) is 0 Å². The Labute approximate surface area is 153 Å². The minimum atomic E-state index is -0.468. The number of hydrogen-bond acceptors (Lipinski definition) is 6. The average Bonchev–Trinajstić information content (AvgIpc) is 3.18. The van der Waals surface area contributed by atoms with Gasteiger partial charge in [-0.25, -0.2) is 4.98 Å². The number of carbonyl (C=O) groups excluding carboxylic acids is 1. The van der Waals surface area contributed by atoms with Gasteiger partial charge in [0.15, 0.2) is 0 Å². The van der Waals surface area contributed by atoms with E-state index in [1.54, 1.807) is 19.1 Å². The second kappa shape index (κ2) is 6.06. The molecule has 7 nitrogen and oxygen atoms in total. The molecule has 2 aromatic heterocycles. The summed E-state index contributed by atoms with van der Waals surface area (Å²) in [6, 6.07) is 6.62. The number of carbonyl (C=O) groups is 1. The minimum Gasteiger partial charge on any atom is -0.397 e. The maximum Gasteiger partial charge on any atom is 0.274 e. The highest BCUT2D eigenvalue weighted by atomic mass is 32.1. The first-order valence-electron chi connectivity index (χ1n) is 8.21. The molecule has 4 rings (SSSR count). The van der Waals surface area contributed by atoms with Gasteiger partial charge in [-0.05, 0) is 43.9 Å². The molecule has 0 atom stereocenters. The van der Waals surface area contributed by atoms with Crippen molar-refractivity contribution >= 4 is 44.5 Å². The van der Waals surface area contributed by atoms with E-state index in [2.05, 4.69) is 10.3 Å². The first-order valence-corrected chi connectivity index (χ1v) is 9.03. The fourth-order valence-electron chi connectivity index (χ4n) is 3.24. The van der Waals surface area contributed by atoms with Crippen LogP contribution in [0.5, 0.6) is 0 Å². The van der Waals surface area contributed by atoms with Gasteiger partial charge in [0.2, 0.25) is 0 Å². The Hall–Kier alpha value is -3.00. The molecule has 0 spiro atoms. The number of aromatic nitrogens is 1. The molecular weight excluding hydrogens is 352 g/mol. The number of nitrogens with one attached hydrogen (secondary N) is 1. The number of hydrogen-bond donors (Lipinski definition) is 2. The van der Waals surface area contributed by atoms with Crippen molar-refractivity contribution in [2.45, 2.75) is 26.2 Å². The zero-order valence-electron chi connectivity index (χ0n) is 14.0. The van der Waals surface area contributed by atoms with Crippen LogP contribution in [0.1, 0.15) is 32.9 Å². The minimum absolute atomic E-state index is 0.0368. The van der Waals surface area contributed by atoms with Gasteiger partial charge >= 0.3 is 0 Å². The number of benzene rings is 1. The first kappa shape index (κ1) is 16.5. The van der Waals surface area contributed by atoms with E-state index in [4.69, 9.17) is 5.73 Å². The number of fused-ring (bicyclic) bond motifs is 2. The topological polar surface area (TPSA) is 111 Å². The number of nitro groups is 1. The zero-order valence-corrected chi connectivity index (χ0v) is 14.9. The molecule has 0 bridgehead atoms. The summed E-state index contributed by atoms with van der Waals surface area (Å²) in [5, 5.41) is 14.6. The molecule has 0 saturated carbocycles. The van der Waals surface area contributed by atoms with E-state index in [0.29, 0.717) is 21.8 Å². The van der Waals surface area contributed by atoms with Crippen molar-refractivity contribution in [3.63, 3.8) is 0 Å². The van der Waals surface area contributed by atoms with Crippen LogP contribution in [0.15, 0.2) is 24.3 Å². The molecule has 26 heavy (non-hydrogen) atoms. The van der Waals surface area contributed by atoms with Crippen LogP contribution in [-0.4, -0.2) is 15.8 Å². The van der Waals surface area contributed by atoms with E-state index < -0.39 is 4.92 Å². The van der Waals surface area contributed by atoms with Crippen molar-refractivity contribution < 1.29 is 9.72 Å². The van der Waals surface area contributed by atoms with Crippen molar-refractivity contribution in [1.29, 1.82) is 0 Å². The van der Waals surface area contributed by atoms with Crippen LogP contribution in [0.4, 0.5) is 17.1 Å². The number of nitrogen functional groups attached to an aromatic ring is 1. The Balaban J connectivity index is 1.68. The molecule has 1 aliphatic carbocycles. The SMILES string of the molecule is Cc1ccc(NC(=O)c2sc3nc4c(cc3c2N)CCC4)cc1[N+](=O)[O-]. The first-order chi connectivity index (χ1) is 12.4. The van der Waals surface area contributed by atoms with Crippen LogP contribution in [-0.2, 0) is 12.8 Å². The summed E-state index contributed by atoms with van der Waals surface area (Å²) in [5.74, 6) is -0.385. The van der Waals surface area contributed by atoms with Gasteiger partial charge in [-0.3, -0.25) is 14.9 Å². The van der Waals surface area contributed by atoms with Crippen molar-refractivity contribution in [2.24, 2.45) is 0 Å². The number of anilines is 2. The third kappa shape index (κ3) is 2.68. The zero-order chi connectivity index (χ0) is 18.4. The summed E-state index contributed by atoms with van der Waals surface area (Å²) >= 11 is 1.25. The largest absolute Gasteiger partial charge is 0.397 e. The Bertz CT molecular complexity index is 1070. The van der Waals surface area contributed by atoms with Crippen LogP contribution >= 0.6 is 11.3 Å². The molecule has 1 aromatic carbocycles. The fourth-order valence-corrected chi connectivity index (χ4v) is 4.23. The second-order valence-electron chi connectivity index (χ2n) is 6.36. The molecule has 0 fully saturated rings. The highest BCUT2D eigenvalue weighted by molar-refractivity contribution is 7.21. The molecule has 3 aromatic rings. The third-order valence-corrected chi connectivity index (χ3v) is 5.73. The number of rotatable bonds is 3. The predicted octanol–water partition coefficient (Wildman–Crippen LogP) is 3.84. The number of nitro benzene ring substituents is 1. The monoisotopic (exact) mass is 368 g/mol. The molecule has 0 aliphatic heterocycles. The third-order valence-electron chi connectivity index (χ3n) is 4.62. The number of pyridine rings is 1. The lowest BCUT2D eigenvalue weighted by Gasteiger charge is -2.05. The number of nitrogens with zero attached hydrogens (tertiary/aromatic N) is 2. The molecule has 132 valence electrons. The molecule has 1 amide bonds. The highest BCUT2D eigenvalue weighted by Gasteiger charge is 2.21. The molecule has 0 saturated heterocycles. The van der Waals surface area contributed by atoms with Gasteiger partial charge in [0.05, 0.1) is 10.6 Å². The summed E-state index contributed by atoms with van der Waals surface area (Å²) in [6.45, 7) is 1.65. The Morgan fingerprint density at radius 2 is 2.15 bits per heavy atom. The van der Waals surface area contributed by atoms with Crippen molar-refractivity contribution in [3.05, 3.63) is 56.1 Å². The maximum absolute atomic E-state index is 12.6. The van der Waals surface area contributed by atoms with Crippen LogP contribution in [0.25, 0.3) is 10.2 Å². The number of amides is 1. The van der Waals surface area contributed by atoms with E-state index in [1.807, 2.05) is 6.07 Å². The van der Waals surface area contributed by atoms with Crippen molar-refractivity contribution in [1.82, 2.24) is 4.98 Å². The summed E-state index contributed by atoms with van der Waals surface area (Å²) in [6.07, 6.45) is 3.04. The number of nitrogens with two attached hydrogens (primary N) is 1. The molecule has 1 aliphatic rings. The van der Waals surface area contributed by atoms with Crippen molar-refractivity contribution in [3.8, 4) is 0 Å². The molecular formula is C18H16N4O3S. The van der Waals surface area contributed by atoms with Gasteiger partial charge in [0, 0.05) is 28.4 Å². The maximum atomic E-state index is 12.6. The van der Waals surface area contributed by atoms with E-state index >= 15 is 0 Å². The van der Waals surface area contributed by atoms with E-state index in [0.717, 1.165) is 35.2 Å². The fraction of sp³-hybridized carbons (Fsp3) is 0.222. The number of thiophene rings is 1. The van der Waals surface area contributed by atoms with Gasteiger partial charge in [-0.2, -0.15) is 0 Å². The number of aryl methyl sites for hydroxylation is 3. The second-order valence-corrected chi connectivity index (χ2v) is 7.36. The molecule has 8 heteroatoms. The Morgan fingerprint density at radius 1 is 1.35 bits per heavy atom. The highest BCUT2D eigenvalue weighted by Crippen LogP contribution is 2.36. The normalized spacial score (nSPS) is 13.0. The smallest absolute Gasteiger partial charge is 0.274 e. The van der Waals surface area contributed by atoms with Crippen molar-refractivity contribution in [2.75, 3.05) is 11.1 Å². The summed E-state index contributed by atoms with van der Waals surface area (Å²) in [4.78, 5) is 29.0. The van der Waals surface area contributed by atoms with Crippen LogP contribution < -0.4 is 11.1 Å². The summed E-state index contributed by atoms with van der Waals surface area (Å²) in [5.41, 5.74) is 9.74. The van der Waals surface area contributed by atoms with E-state index in [-0.39, 0.29) is 11.6 Å². The lowest BCUT2D eigenvalue weighted by atomic mass is 10.1. The van der Waals surface area contributed by atoms with Gasteiger partial charge in [0.1, 0.15) is 9.71 Å². The Morgan fingerprint density at radius 3 is 2.92 bits per heavy atom. The lowest BCUT2D eigenvalue weighted by molar-refractivity contribution is -0.385. The Kier molecular flexibility index (Phi) is 3.84. The van der Waals surface area contributed by atoms with Crippen LogP contribution in [0, 0.1) is 17.0 Å². The summed E-state index contributed by atoms with van der Waals surface area (Å²) in [7, 11) is 0. The van der Waals surface area contributed by atoms with Crippen LogP contribution in [0.2, 0.25) is 0 Å². The van der Waals surface area contributed by atoms with E-state index in [9.17, 15) is 14.9 Å². The molecule has 0 radical (unpaired) electrons. The standard InChI is InChI=1S/C18H16N4O3S/c1-9-5-6-11(8-14(9)22(24)25)20-17(23)16-15(19)12-7-10-3-2-4-13(10)21-18(12)26-16/h5-8H,2-4,19H2,1H3,(H,20,23). The lowest BCUT2D eigenvalue weighted by Crippen LogP contribution is -2.12. The van der Waals surface area contributed by atoms with Gasteiger partial charge in [-0.1, -0.05) is 6.07 Å². The van der Waals surface area contributed by atoms with E-state index in [1.165, 1.54) is 23.0 Å². The van der Waals surface area contributed by atoms with Gasteiger partial charge < -0.3 is 11.1 Å².